The maximum atomic E-state index is 13.4. The summed E-state index contributed by atoms with van der Waals surface area (Å²) in [5.74, 6) is -0.204. The van der Waals surface area contributed by atoms with Crippen LogP contribution in [0.2, 0.25) is 0 Å². The first kappa shape index (κ1) is 16.7. The van der Waals surface area contributed by atoms with E-state index in [4.69, 9.17) is 4.74 Å². The molecule has 0 saturated carbocycles. The number of amides is 1. The van der Waals surface area contributed by atoms with E-state index in [1.165, 1.54) is 12.1 Å². The van der Waals surface area contributed by atoms with E-state index in [0.29, 0.717) is 26.1 Å². The number of H-pyrrole nitrogens is 1. The van der Waals surface area contributed by atoms with Crippen molar-refractivity contribution in [1.82, 2.24) is 15.1 Å². The predicted molar refractivity (Wildman–Crippen MR) is 96.2 cm³/mol. The first-order valence-electron chi connectivity index (χ1n) is 8.75. The molecule has 1 N–H and O–H groups in total. The zero-order valence-electron chi connectivity index (χ0n) is 14.3. The lowest BCUT2D eigenvalue weighted by Crippen LogP contribution is -2.47. The van der Waals surface area contributed by atoms with Crippen LogP contribution in [0.25, 0.3) is 10.9 Å². The number of nitrogens with one attached hydrogen (secondary N) is 1. The van der Waals surface area contributed by atoms with E-state index in [-0.39, 0.29) is 24.2 Å². The van der Waals surface area contributed by atoms with Crippen molar-refractivity contribution in [2.24, 2.45) is 0 Å². The molecule has 5 nitrogen and oxygen atoms in total. The molecule has 1 saturated heterocycles. The molecule has 3 aromatic rings. The number of aromatic nitrogens is 2. The van der Waals surface area contributed by atoms with Crippen LogP contribution in [0.15, 0.2) is 48.5 Å². The highest BCUT2D eigenvalue weighted by atomic mass is 19.1. The van der Waals surface area contributed by atoms with Crippen LogP contribution in [0.5, 0.6) is 0 Å². The van der Waals surface area contributed by atoms with Gasteiger partial charge in [-0.15, -0.1) is 0 Å². The van der Waals surface area contributed by atoms with Gasteiger partial charge < -0.3 is 9.64 Å². The van der Waals surface area contributed by atoms with Crippen molar-refractivity contribution < 1.29 is 13.9 Å². The fourth-order valence-corrected chi connectivity index (χ4v) is 3.41. The lowest BCUT2D eigenvalue weighted by atomic mass is 10.1. The van der Waals surface area contributed by atoms with Crippen LogP contribution in [-0.4, -0.2) is 46.8 Å². The summed E-state index contributed by atoms with van der Waals surface area (Å²) in [5.41, 5.74) is 2.57. The van der Waals surface area contributed by atoms with E-state index in [0.717, 1.165) is 22.2 Å². The van der Waals surface area contributed by atoms with E-state index in [2.05, 4.69) is 10.2 Å². The van der Waals surface area contributed by atoms with Gasteiger partial charge in [-0.3, -0.25) is 9.89 Å². The Kier molecular flexibility index (Phi) is 4.67. The Morgan fingerprint density at radius 2 is 2.15 bits per heavy atom. The van der Waals surface area contributed by atoms with Crippen molar-refractivity contribution >= 4 is 16.8 Å². The average Bonchev–Trinajstić information content (AvgIpc) is 3.05. The Morgan fingerprint density at radius 3 is 3.04 bits per heavy atom. The molecule has 2 aromatic carbocycles. The van der Waals surface area contributed by atoms with Gasteiger partial charge in [0.25, 0.3) is 0 Å². The normalized spacial score (nSPS) is 17.6. The van der Waals surface area contributed by atoms with Crippen molar-refractivity contribution in [2.75, 3.05) is 19.7 Å². The Balaban J connectivity index is 1.41. The van der Waals surface area contributed by atoms with Gasteiger partial charge >= 0.3 is 0 Å². The van der Waals surface area contributed by atoms with Crippen molar-refractivity contribution in [2.45, 2.75) is 18.9 Å². The SMILES string of the molecule is O=C(Cc1[nH]nc2ccccc12)N1CCO[C@@H](Cc2cccc(F)c2)C1. The number of fused-ring (bicyclic) bond motifs is 1. The number of benzene rings is 2. The number of morpholine rings is 1. The molecule has 1 fully saturated rings. The highest BCUT2D eigenvalue weighted by Crippen LogP contribution is 2.18. The molecule has 1 atom stereocenters. The topological polar surface area (TPSA) is 58.2 Å². The fraction of sp³-hybridized carbons (Fsp3) is 0.300. The molecular weight excluding hydrogens is 333 g/mol. The number of ether oxygens (including phenoxy) is 1. The Morgan fingerprint density at radius 1 is 1.27 bits per heavy atom. The molecule has 4 rings (SSSR count). The largest absolute Gasteiger partial charge is 0.374 e. The maximum Gasteiger partial charge on any atom is 0.228 e. The summed E-state index contributed by atoms with van der Waals surface area (Å²) in [5, 5.41) is 8.19. The van der Waals surface area contributed by atoms with Gasteiger partial charge in [0, 0.05) is 24.9 Å². The van der Waals surface area contributed by atoms with Gasteiger partial charge in [-0.1, -0.05) is 30.3 Å². The number of hydrogen-bond acceptors (Lipinski definition) is 3. The van der Waals surface area contributed by atoms with Gasteiger partial charge in [-0.05, 0) is 23.8 Å². The smallest absolute Gasteiger partial charge is 0.228 e. The number of carbonyl (C=O) groups is 1. The van der Waals surface area contributed by atoms with Gasteiger partial charge in [-0.25, -0.2) is 4.39 Å². The van der Waals surface area contributed by atoms with E-state index >= 15 is 0 Å². The number of carbonyl (C=O) groups excluding carboxylic acids is 1. The lowest BCUT2D eigenvalue weighted by Gasteiger charge is -2.33. The van der Waals surface area contributed by atoms with Gasteiger partial charge in [-0.2, -0.15) is 5.10 Å². The molecule has 0 bridgehead atoms. The van der Waals surface area contributed by atoms with Crippen LogP contribution in [0, 0.1) is 5.82 Å². The van der Waals surface area contributed by atoms with Crippen molar-refractivity contribution in [3.63, 3.8) is 0 Å². The third-order valence-electron chi connectivity index (χ3n) is 4.71. The second-order valence-electron chi connectivity index (χ2n) is 6.56. The highest BCUT2D eigenvalue weighted by Gasteiger charge is 2.25. The fourth-order valence-electron chi connectivity index (χ4n) is 3.41. The summed E-state index contributed by atoms with van der Waals surface area (Å²) >= 11 is 0. The number of rotatable bonds is 4. The van der Waals surface area contributed by atoms with Crippen molar-refractivity contribution in [3.05, 3.63) is 65.6 Å². The minimum atomic E-state index is -0.252. The summed E-state index contributed by atoms with van der Waals surface area (Å²) in [6, 6.07) is 14.3. The molecule has 1 amide bonds. The van der Waals surface area contributed by atoms with E-state index < -0.39 is 0 Å². The van der Waals surface area contributed by atoms with Gasteiger partial charge in [0.2, 0.25) is 5.91 Å². The molecule has 2 heterocycles. The van der Waals surface area contributed by atoms with Gasteiger partial charge in [0.05, 0.1) is 30.3 Å². The number of nitrogens with zero attached hydrogens (tertiary/aromatic N) is 2. The van der Waals surface area contributed by atoms with E-state index in [1.807, 2.05) is 35.2 Å². The average molecular weight is 353 g/mol. The number of para-hydroxylation sites is 1. The second-order valence-corrected chi connectivity index (χ2v) is 6.56. The zero-order valence-corrected chi connectivity index (χ0v) is 14.3. The Hall–Kier alpha value is -2.73. The van der Waals surface area contributed by atoms with Crippen LogP contribution in [0.3, 0.4) is 0 Å². The van der Waals surface area contributed by atoms with Crippen LogP contribution >= 0.6 is 0 Å². The molecule has 0 unspecified atom stereocenters. The third kappa shape index (κ3) is 3.60. The van der Waals surface area contributed by atoms with Crippen molar-refractivity contribution in [1.29, 1.82) is 0 Å². The monoisotopic (exact) mass is 353 g/mol. The molecule has 1 aromatic heterocycles. The van der Waals surface area contributed by atoms with Crippen LogP contribution in [-0.2, 0) is 22.4 Å². The molecule has 0 aliphatic carbocycles. The number of hydrogen-bond donors (Lipinski definition) is 1. The van der Waals surface area contributed by atoms with Crippen LogP contribution in [0.4, 0.5) is 4.39 Å². The molecule has 0 radical (unpaired) electrons. The first-order chi connectivity index (χ1) is 12.7. The molecule has 1 aliphatic rings. The number of aromatic amines is 1. The predicted octanol–water partition coefficient (Wildman–Crippen LogP) is 2.71. The quantitative estimate of drug-likeness (QED) is 0.785. The van der Waals surface area contributed by atoms with Gasteiger partial charge in [0.1, 0.15) is 5.82 Å². The summed E-state index contributed by atoms with van der Waals surface area (Å²) in [4.78, 5) is 14.5. The summed E-state index contributed by atoms with van der Waals surface area (Å²) in [6.45, 7) is 1.58. The van der Waals surface area contributed by atoms with Crippen LogP contribution < -0.4 is 0 Å². The third-order valence-corrected chi connectivity index (χ3v) is 4.71. The van der Waals surface area contributed by atoms with Gasteiger partial charge in [0.15, 0.2) is 0 Å². The summed E-state index contributed by atoms with van der Waals surface area (Å²) < 4.78 is 19.1. The van der Waals surface area contributed by atoms with Crippen LogP contribution in [0.1, 0.15) is 11.3 Å². The second kappa shape index (κ2) is 7.25. The zero-order chi connectivity index (χ0) is 17.9. The summed E-state index contributed by atoms with van der Waals surface area (Å²) in [7, 11) is 0. The lowest BCUT2D eigenvalue weighted by molar-refractivity contribution is -0.138. The summed E-state index contributed by atoms with van der Waals surface area (Å²) in [6.07, 6.45) is 0.759. The first-order valence-corrected chi connectivity index (χ1v) is 8.75. The molecular formula is C20H20FN3O2. The van der Waals surface area contributed by atoms with E-state index in [9.17, 15) is 9.18 Å². The Bertz CT molecular complexity index is 924. The number of halogens is 1. The molecule has 6 heteroatoms. The van der Waals surface area contributed by atoms with E-state index in [1.54, 1.807) is 6.07 Å². The molecule has 134 valence electrons. The minimum absolute atomic E-state index is 0.0481. The minimum Gasteiger partial charge on any atom is -0.374 e. The molecule has 0 spiro atoms. The van der Waals surface area contributed by atoms with Crippen molar-refractivity contribution in [3.8, 4) is 0 Å². The maximum absolute atomic E-state index is 13.4. The molecule has 26 heavy (non-hydrogen) atoms. The highest BCUT2D eigenvalue weighted by molar-refractivity contribution is 5.87. The standard InChI is InChI=1S/C20H20FN3O2/c21-15-5-3-4-14(10-15)11-16-13-24(8-9-26-16)20(25)12-19-17-6-1-2-7-18(17)22-23-19/h1-7,10,16H,8-9,11-13H2,(H,22,23)/t16-/m0/s1. The Labute approximate surface area is 150 Å². The molecule has 1 aliphatic heterocycles.